The highest BCUT2D eigenvalue weighted by molar-refractivity contribution is 7.89. The van der Waals surface area contributed by atoms with Crippen LogP contribution >= 0.6 is 0 Å². The summed E-state index contributed by atoms with van der Waals surface area (Å²) in [5.74, 6) is -0.302. The molecule has 1 aliphatic rings. The Hall–Kier alpha value is -2.82. The highest BCUT2D eigenvalue weighted by Gasteiger charge is 2.32. The smallest absolute Gasteiger partial charge is 0.269 e. The van der Waals surface area contributed by atoms with Crippen LogP contribution in [0.2, 0.25) is 0 Å². The Morgan fingerprint density at radius 1 is 1.23 bits per heavy atom. The number of methoxy groups -OCH3 is 1. The zero-order valence-electron chi connectivity index (χ0n) is 17.4. The number of carbonyl (C=O) groups excluding carboxylic acids is 1. The van der Waals surface area contributed by atoms with Gasteiger partial charge in [0.25, 0.3) is 5.69 Å². The second-order valence-corrected chi connectivity index (χ2v) is 9.23. The summed E-state index contributed by atoms with van der Waals surface area (Å²) in [5.41, 5.74) is 2.04. The zero-order valence-corrected chi connectivity index (χ0v) is 18.2. The molecule has 166 valence electrons. The first-order chi connectivity index (χ1) is 14.8. The molecule has 0 saturated heterocycles. The first-order valence-corrected chi connectivity index (χ1v) is 11.3. The fraction of sp³-hybridized carbons (Fsp3) is 0.381. The van der Waals surface area contributed by atoms with Gasteiger partial charge < -0.3 is 9.64 Å². The zero-order chi connectivity index (χ0) is 22.6. The van der Waals surface area contributed by atoms with Crippen LogP contribution < -0.4 is 0 Å². The standard InChI is InChI=1S/C21H25N3O6S/c1-16-20-6-4-3-5-17(20)11-12-23(16)21(25)15-22(13-14-30-2)31(28,29)19-9-7-18(8-10-19)24(26)27/h3-10,16H,11-15H2,1-2H3. The van der Waals surface area contributed by atoms with Crippen LogP contribution in [0.15, 0.2) is 53.4 Å². The molecule has 1 aliphatic heterocycles. The van der Waals surface area contributed by atoms with Crippen molar-refractivity contribution >= 4 is 21.6 Å². The fourth-order valence-electron chi connectivity index (χ4n) is 3.72. The van der Waals surface area contributed by atoms with E-state index in [9.17, 15) is 23.3 Å². The van der Waals surface area contributed by atoms with E-state index >= 15 is 0 Å². The molecule has 0 fully saturated rings. The van der Waals surface area contributed by atoms with E-state index in [-0.39, 0.29) is 42.2 Å². The molecule has 2 aromatic rings. The number of benzene rings is 2. The normalized spacial score (nSPS) is 16.2. The Kier molecular flexibility index (Phi) is 7.04. The number of nitro groups is 1. The molecular weight excluding hydrogens is 422 g/mol. The van der Waals surface area contributed by atoms with Crippen molar-refractivity contribution in [1.82, 2.24) is 9.21 Å². The minimum Gasteiger partial charge on any atom is -0.383 e. The SMILES string of the molecule is COCCN(CC(=O)N1CCc2ccccc2C1C)S(=O)(=O)c1ccc([N+](=O)[O-])cc1. The molecule has 1 heterocycles. The molecule has 9 nitrogen and oxygen atoms in total. The van der Waals surface area contributed by atoms with Crippen molar-refractivity contribution in [2.45, 2.75) is 24.3 Å². The summed E-state index contributed by atoms with van der Waals surface area (Å²) >= 11 is 0. The summed E-state index contributed by atoms with van der Waals surface area (Å²) in [6, 6.07) is 12.4. The summed E-state index contributed by atoms with van der Waals surface area (Å²) in [4.78, 5) is 24.9. The molecule has 1 amide bonds. The van der Waals surface area contributed by atoms with E-state index in [1.165, 1.54) is 24.8 Å². The lowest BCUT2D eigenvalue weighted by molar-refractivity contribution is -0.384. The van der Waals surface area contributed by atoms with Gasteiger partial charge in [-0.1, -0.05) is 24.3 Å². The highest BCUT2D eigenvalue weighted by Crippen LogP contribution is 2.29. The van der Waals surface area contributed by atoms with Gasteiger partial charge in [0.2, 0.25) is 15.9 Å². The molecular formula is C21H25N3O6S. The van der Waals surface area contributed by atoms with Crippen molar-refractivity contribution in [2.24, 2.45) is 0 Å². The number of carbonyl (C=O) groups is 1. The van der Waals surface area contributed by atoms with E-state index in [4.69, 9.17) is 4.74 Å². The van der Waals surface area contributed by atoms with Crippen LogP contribution in [0.3, 0.4) is 0 Å². The van der Waals surface area contributed by atoms with E-state index in [1.807, 2.05) is 31.2 Å². The lowest BCUT2D eigenvalue weighted by Crippen LogP contribution is -2.46. The van der Waals surface area contributed by atoms with Gasteiger partial charge in [-0.15, -0.1) is 0 Å². The second-order valence-electron chi connectivity index (χ2n) is 7.29. The van der Waals surface area contributed by atoms with Gasteiger partial charge in [-0.3, -0.25) is 14.9 Å². The molecule has 3 rings (SSSR count). The van der Waals surface area contributed by atoms with E-state index in [0.29, 0.717) is 13.0 Å². The van der Waals surface area contributed by atoms with Crippen molar-refractivity contribution in [3.63, 3.8) is 0 Å². The Morgan fingerprint density at radius 3 is 2.55 bits per heavy atom. The van der Waals surface area contributed by atoms with Gasteiger partial charge >= 0.3 is 0 Å². The van der Waals surface area contributed by atoms with E-state index in [1.54, 1.807) is 4.90 Å². The Labute approximate surface area is 181 Å². The first-order valence-electron chi connectivity index (χ1n) is 9.86. The molecule has 10 heteroatoms. The topological polar surface area (TPSA) is 110 Å². The van der Waals surface area contributed by atoms with Crippen LogP contribution in [0.25, 0.3) is 0 Å². The Balaban J connectivity index is 1.82. The number of hydrogen-bond donors (Lipinski definition) is 0. The number of ether oxygens (including phenoxy) is 1. The number of nitrogens with zero attached hydrogens (tertiary/aromatic N) is 3. The van der Waals surface area contributed by atoms with Crippen molar-refractivity contribution in [1.29, 1.82) is 0 Å². The molecule has 2 aromatic carbocycles. The van der Waals surface area contributed by atoms with Gasteiger partial charge in [-0.25, -0.2) is 8.42 Å². The van der Waals surface area contributed by atoms with E-state index in [0.717, 1.165) is 22.0 Å². The molecule has 0 N–H and O–H groups in total. The predicted octanol–water partition coefficient (Wildman–Crippen LogP) is 2.38. The molecule has 0 aliphatic carbocycles. The minimum absolute atomic E-state index is 0.0135. The van der Waals surface area contributed by atoms with Crippen LogP contribution in [0.1, 0.15) is 24.1 Å². The molecule has 0 saturated carbocycles. The third-order valence-corrected chi connectivity index (χ3v) is 7.32. The Bertz CT molecular complexity index is 1060. The highest BCUT2D eigenvalue weighted by atomic mass is 32.2. The molecule has 0 bridgehead atoms. The van der Waals surface area contributed by atoms with Gasteiger partial charge in [0.15, 0.2) is 0 Å². The van der Waals surface area contributed by atoms with Crippen LogP contribution in [0, 0.1) is 10.1 Å². The maximum Gasteiger partial charge on any atom is 0.269 e. The van der Waals surface area contributed by atoms with E-state index in [2.05, 4.69) is 0 Å². The number of nitro benzene ring substituents is 1. The number of rotatable bonds is 8. The largest absolute Gasteiger partial charge is 0.383 e. The quantitative estimate of drug-likeness (QED) is 0.454. The summed E-state index contributed by atoms with van der Waals surface area (Å²) in [6.07, 6.45) is 0.708. The third-order valence-electron chi connectivity index (χ3n) is 5.46. The van der Waals surface area contributed by atoms with Crippen LogP contribution in [0.4, 0.5) is 5.69 Å². The van der Waals surface area contributed by atoms with Crippen molar-refractivity contribution < 1.29 is 22.9 Å². The van der Waals surface area contributed by atoms with Gasteiger partial charge in [0.1, 0.15) is 0 Å². The molecule has 1 atom stereocenters. The fourth-order valence-corrected chi connectivity index (χ4v) is 5.09. The van der Waals surface area contributed by atoms with Gasteiger partial charge in [-0.05, 0) is 36.6 Å². The maximum absolute atomic E-state index is 13.1. The summed E-state index contributed by atoms with van der Waals surface area (Å²) < 4.78 is 32.4. The van der Waals surface area contributed by atoms with Crippen LogP contribution in [-0.2, 0) is 26.0 Å². The third kappa shape index (κ3) is 4.92. The molecule has 1 unspecified atom stereocenters. The first kappa shape index (κ1) is 22.9. The van der Waals surface area contributed by atoms with Crippen molar-refractivity contribution in [3.05, 3.63) is 69.8 Å². The molecule has 0 radical (unpaired) electrons. The van der Waals surface area contributed by atoms with Crippen LogP contribution in [-0.4, -0.2) is 61.8 Å². The summed E-state index contributed by atoms with van der Waals surface area (Å²) in [6.45, 7) is 2.19. The summed E-state index contributed by atoms with van der Waals surface area (Å²) in [7, 11) is -2.60. The van der Waals surface area contributed by atoms with Crippen molar-refractivity contribution in [3.8, 4) is 0 Å². The van der Waals surface area contributed by atoms with Gasteiger partial charge in [0.05, 0.1) is 29.0 Å². The number of sulfonamides is 1. The average Bonchev–Trinajstić information content (AvgIpc) is 2.76. The predicted molar refractivity (Wildman–Crippen MR) is 114 cm³/mol. The Morgan fingerprint density at radius 2 is 1.90 bits per heavy atom. The number of amides is 1. The van der Waals surface area contributed by atoms with Crippen molar-refractivity contribution in [2.75, 3.05) is 33.4 Å². The molecule has 0 aromatic heterocycles. The number of non-ortho nitro benzene ring substituents is 1. The lowest BCUT2D eigenvalue weighted by Gasteiger charge is -2.36. The molecule has 0 spiro atoms. The lowest BCUT2D eigenvalue weighted by atomic mass is 9.93. The molecule has 31 heavy (non-hydrogen) atoms. The average molecular weight is 448 g/mol. The number of fused-ring (bicyclic) bond motifs is 1. The monoisotopic (exact) mass is 447 g/mol. The number of hydrogen-bond acceptors (Lipinski definition) is 6. The van der Waals surface area contributed by atoms with E-state index < -0.39 is 14.9 Å². The maximum atomic E-state index is 13.1. The summed E-state index contributed by atoms with van der Waals surface area (Å²) in [5, 5.41) is 10.9. The second kappa shape index (κ2) is 9.54. The van der Waals surface area contributed by atoms with Gasteiger partial charge in [-0.2, -0.15) is 4.31 Å². The van der Waals surface area contributed by atoms with Crippen LogP contribution in [0.5, 0.6) is 0 Å². The van der Waals surface area contributed by atoms with Gasteiger partial charge in [0, 0.05) is 32.3 Å². The minimum atomic E-state index is -4.04.